The van der Waals surface area contributed by atoms with Crippen LogP contribution in [-0.4, -0.2) is 79.6 Å². The Morgan fingerprint density at radius 1 is 0.895 bits per heavy atom. The maximum Gasteiger partial charge on any atom is 1.00 e. The Balaban J connectivity index is -0.0000000225. The first-order valence-corrected chi connectivity index (χ1v) is 9.48. The number of carbonyl (C=O) groups is 5. The van der Waals surface area contributed by atoms with E-state index in [9.17, 15) is 28.5 Å². The number of hydrogen-bond donors (Lipinski definition) is 6. The maximum atomic E-state index is 11.5. The van der Waals surface area contributed by atoms with Crippen molar-refractivity contribution in [2.24, 2.45) is 0 Å². The molecule has 0 aliphatic rings. The van der Waals surface area contributed by atoms with Gasteiger partial charge in [0.05, 0.1) is 12.8 Å². The van der Waals surface area contributed by atoms with E-state index < -0.39 is 73.1 Å². The fourth-order valence-corrected chi connectivity index (χ4v) is 2.07. The van der Waals surface area contributed by atoms with Gasteiger partial charge in [0.1, 0.15) is 0 Å². The molecule has 1 unspecified atom stereocenters. The summed E-state index contributed by atoms with van der Waals surface area (Å²) in [6.45, 7) is -0.229. The van der Waals surface area contributed by atoms with E-state index in [-0.39, 0.29) is 251 Å². The molecule has 0 amide bonds. The largest absolute Gasteiger partial charge is 1.00 e. The third kappa shape index (κ3) is 50.9. The zero-order valence-corrected chi connectivity index (χ0v) is 38.3. The molecule has 0 bridgehead atoms. The molecule has 0 fully saturated rings. The van der Waals surface area contributed by atoms with E-state index in [4.69, 9.17) is 37.5 Å². The molecule has 0 saturated heterocycles. The molecule has 0 heterocycles. The third-order valence-corrected chi connectivity index (χ3v) is 2.75. The first kappa shape index (κ1) is 74.3. The van der Waals surface area contributed by atoms with Crippen LogP contribution >= 0.6 is 20.2 Å². The van der Waals surface area contributed by atoms with Gasteiger partial charge in [0.15, 0.2) is 12.2 Å². The molecule has 0 aromatic heterocycles. The molecule has 0 saturated carbocycles. The molecule has 0 spiro atoms. The molecule has 0 aromatic carbocycles. The van der Waals surface area contributed by atoms with Crippen molar-refractivity contribution in [3.63, 3.8) is 0 Å². The summed E-state index contributed by atoms with van der Waals surface area (Å²) in [7, 11) is -10.2. The predicted molar refractivity (Wildman–Crippen MR) is 96.2 cm³/mol. The topological polar surface area (TPSA) is 286 Å². The van der Waals surface area contributed by atoms with E-state index in [1.807, 2.05) is 0 Å². The molecule has 0 aliphatic carbocycles. The van der Waals surface area contributed by atoms with Crippen LogP contribution in [0.2, 0.25) is 0 Å². The molecule has 1 atom stereocenters. The molecule has 38 heavy (non-hydrogen) atoms. The van der Waals surface area contributed by atoms with Crippen molar-refractivity contribution >= 4 is 60.5 Å². The Hall–Kier alpha value is 5.34. The van der Waals surface area contributed by atoms with Crippen LogP contribution < -0.4 is 230 Å². The van der Waals surface area contributed by atoms with Crippen LogP contribution in [0.3, 0.4) is 0 Å². The number of phosphoric ester groups is 1. The Kier molecular flexibility index (Phi) is 72.0. The standard InChI is InChI=1S/C10H13O13P.2ClH.K.Li.5Na.H2O4S.6H/c1-5(11)22-8(15)4-21-7(14)3-10(9(16)17,2-6(12)13)23-24(18,19)20;;;;;;;;;;1-5(2,3)4;;;;;;/h2-4H2,1H3,(H,12,13)(H,16,17)(H2,18,19,20);2*1H;;;;;;;;(H2,1,2,3,4);;;;;;/q;;;7*+1;;6*-1/p-1. The minimum atomic E-state index is -5.50. The summed E-state index contributed by atoms with van der Waals surface area (Å²) in [5, 5.41) is 17.7. The Bertz CT molecular complexity index is 855. The normalized spacial score (nSPS) is 10.0. The van der Waals surface area contributed by atoms with E-state index >= 15 is 0 Å². The molecule has 6 N–H and O–H groups in total. The maximum absolute atomic E-state index is 11.5. The number of aliphatic carboxylic acids is 2. The van der Waals surface area contributed by atoms with Crippen LogP contribution in [0.4, 0.5) is 0 Å². The Morgan fingerprint density at radius 3 is 1.47 bits per heavy atom. The van der Waals surface area contributed by atoms with Crippen molar-refractivity contribution < 1.29 is 319 Å². The number of carboxylic acids is 2. The van der Waals surface area contributed by atoms with Gasteiger partial charge in [-0.2, -0.15) is 8.42 Å². The van der Waals surface area contributed by atoms with Gasteiger partial charge in [-0.05, 0) is 0 Å². The zero-order chi connectivity index (χ0) is 23.6. The molecule has 28 heteroatoms. The summed E-state index contributed by atoms with van der Waals surface area (Å²) in [5.41, 5.74) is -3.13. The van der Waals surface area contributed by atoms with E-state index in [1.54, 1.807) is 0 Å². The summed E-state index contributed by atoms with van der Waals surface area (Å²) >= 11 is 0. The number of carbonyl (C=O) groups excluding carboxylic acids is 3. The summed E-state index contributed by atoms with van der Waals surface area (Å²) in [6.07, 6.45) is -2.92. The molecule has 0 aromatic rings. The van der Waals surface area contributed by atoms with E-state index in [2.05, 4.69) is 14.0 Å². The van der Waals surface area contributed by atoms with Crippen molar-refractivity contribution in [3.05, 3.63) is 0 Å². The van der Waals surface area contributed by atoms with Crippen LogP contribution in [0.25, 0.3) is 0 Å². The summed E-state index contributed by atoms with van der Waals surface area (Å²) in [6, 6.07) is 0. The van der Waals surface area contributed by atoms with Crippen LogP contribution in [0.5, 0.6) is 0 Å². The second-order valence-electron chi connectivity index (χ2n) is 4.70. The van der Waals surface area contributed by atoms with Gasteiger partial charge in [0.25, 0.3) is 0 Å². The molecule has 17 nitrogen and oxygen atoms in total. The van der Waals surface area contributed by atoms with Crippen molar-refractivity contribution in [2.75, 3.05) is 6.61 Å². The van der Waals surface area contributed by atoms with Gasteiger partial charge < -0.3 is 50.4 Å². The van der Waals surface area contributed by atoms with Crippen LogP contribution in [0, 0.1) is 0 Å². The summed E-state index contributed by atoms with van der Waals surface area (Å²) < 4.78 is 54.6. The van der Waals surface area contributed by atoms with Gasteiger partial charge in [0, 0.05) is 6.92 Å². The molecule has 196 valence electrons. The summed E-state index contributed by atoms with van der Waals surface area (Å²) in [4.78, 5) is 72.3. The first-order valence-electron chi connectivity index (χ1n) is 6.55. The van der Waals surface area contributed by atoms with E-state index in [1.165, 1.54) is 0 Å². The second-order valence-corrected chi connectivity index (χ2v) is 6.76. The Morgan fingerprint density at radius 2 is 1.24 bits per heavy atom. The SMILES string of the molecule is CC(=O)OC(=O)COC(=O)CC(CC(=O)O)(OP(=O)(O)O)C(=O)O.Cl.O=S(=O)(O)O.[Cl-].[H-].[H-].[H-].[H-].[H-].[H-].[K+].[Li+].[Na+].[Na+].[Na+].[Na+].[Na+]. The smallest absolute Gasteiger partial charge is 1.00 e. The number of phosphoric acid groups is 1. The minimum Gasteiger partial charge on any atom is -1.00 e. The monoisotopic (exact) mass is 708 g/mol. The quantitative estimate of drug-likeness (QED) is 0.0426. The van der Waals surface area contributed by atoms with Gasteiger partial charge in [-0.25, -0.2) is 14.2 Å². The second kappa shape index (κ2) is 36.8. The van der Waals surface area contributed by atoms with Gasteiger partial charge in [-0.1, -0.05) is 0 Å². The van der Waals surface area contributed by atoms with Crippen molar-refractivity contribution in [3.8, 4) is 0 Å². The molecular weight excluding hydrogens is 687 g/mol. The minimum absolute atomic E-state index is 0. The summed E-state index contributed by atoms with van der Waals surface area (Å²) in [5.74, 6) is -7.84. The van der Waals surface area contributed by atoms with Crippen LogP contribution in [0.1, 0.15) is 28.3 Å². The van der Waals surface area contributed by atoms with Crippen molar-refractivity contribution in [1.82, 2.24) is 0 Å². The fraction of sp³-hybridized carbons (Fsp3) is 0.500. The predicted octanol–water partition coefficient (Wildman–Crippen LogP) is -25.1. The van der Waals surface area contributed by atoms with Crippen LogP contribution in [0.15, 0.2) is 0 Å². The molecule has 0 aliphatic heterocycles. The number of esters is 3. The van der Waals surface area contributed by atoms with E-state index in [0.717, 1.165) is 6.92 Å². The van der Waals surface area contributed by atoms with Gasteiger partial charge in [-0.3, -0.25) is 28.0 Å². The average Bonchev–Trinajstić information content (AvgIpc) is 2.39. The third-order valence-electron chi connectivity index (χ3n) is 2.16. The number of hydrogen-bond acceptors (Lipinski definition) is 11. The molecule has 0 radical (unpaired) electrons. The van der Waals surface area contributed by atoms with Crippen molar-refractivity contribution in [1.29, 1.82) is 0 Å². The van der Waals surface area contributed by atoms with Gasteiger partial charge in [-0.15, -0.1) is 12.4 Å². The van der Waals surface area contributed by atoms with Crippen molar-refractivity contribution in [2.45, 2.75) is 25.4 Å². The molecular formula is C10H22Cl2KLiNa5O17PS. The number of ether oxygens (including phenoxy) is 2. The Labute approximate surface area is 403 Å². The van der Waals surface area contributed by atoms with E-state index in [0.29, 0.717) is 0 Å². The average molecular weight is 709 g/mol. The van der Waals surface area contributed by atoms with Gasteiger partial charge in [0.2, 0.25) is 0 Å². The number of rotatable bonds is 9. The number of carboxylic acid groups (broad SMARTS) is 2. The first-order chi connectivity index (χ1) is 12.8. The zero-order valence-electron chi connectivity index (χ0n) is 27.9. The fourth-order valence-electron chi connectivity index (χ4n) is 1.40. The van der Waals surface area contributed by atoms with Crippen LogP contribution in [-0.2, 0) is 52.9 Å². The van der Waals surface area contributed by atoms with Gasteiger partial charge >= 0.3 is 266 Å². The number of halogens is 2. The molecule has 0 rings (SSSR count).